The molecule has 4 rings (SSSR count). The molecule has 114 valence electrons. The van der Waals surface area contributed by atoms with Gasteiger partial charge in [0.2, 0.25) is 0 Å². The van der Waals surface area contributed by atoms with E-state index in [1.165, 1.54) is 42.4 Å². The van der Waals surface area contributed by atoms with Gasteiger partial charge >= 0.3 is 0 Å². The van der Waals surface area contributed by atoms with E-state index < -0.39 is 0 Å². The molecule has 0 radical (unpaired) electrons. The summed E-state index contributed by atoms with van der Waals surface area (Å²) < 4.78 is 0. The molecule has 0 aromatic heterocycles. The first-order valence-electron chi connectivity index (χ1n) is 8.54. The molecule has 22 heavy (non-hydrogen) atoms. The molecule has 2 fully saturated rings. The van der Waals surface area contributed by atoms with E-state index >= 15 is 0 Å². The van der Waals surface area contributed by atoms with Crippen molar-refractivity contribution in [1.29, 1.82) is 5.26 Å². The fraction of sp³-hybridized carbons (Fsp3) is 0.550. The molecule has 0 amide bonds. The van der Waals surface area contributed by atoms with Crippen molar-refractivity contribution in [2.45, 2.75) is 51.4 Å². The van der Waals surface area contributed by atoms with Crippen LogP contribution in [0.15, 0.2) is 29.8 Å². The van der Waals surface area contributed by atoms with Crippen molar-refractivity contribution in [1.82, 2.24) is 0 Å². The maximum Gasteiger partial charge on any atom is 0.115 e. The molecule has 0 spiro atoms. The monoisotopic (exact) mass is 293 g/mol. The zero-order valence-electron chi connectivity index (χ0n) is 13.2. The number of benzene rings is 1. The van der Waals surface area contributed by atoms with Crippen molar-refractivity contribution in [3.8, 4) is 11.8 Å². The van der Waals surface area contributed by atoms with Crippen molar-refractivity contribution < 1.29 is 5.11 Å². The van der Waals surface area contributed by atoms with E-state index in [-0.39, 0.29) is 5.41 Å². The van der Waals surface area contributed by atoms with Crippen LogP contribution in [0.3, 0.4) is 0 Å². The number of aryl methyl sites for hydroxylation is 1. The molecular weight excluding hydrogens is 270 g/mol. The Bertz CT molecular complexity index is 683. The number of nitrogens with zero attached hydrogens (tertiary/aromatic N) is 1. The van der Waals surface area contributed by atoms with Crippen LogP contribution in [-0.2, 0) is 6.42 Å². The summed E-state index contributed by atoms with van der Waals surface area (Å²) in [4.78, 5) is 0. The second kappa shape index (κ2) is 4.88. The molecule has 3 aliphatic rings. The number of allylic oxidation sites excluding steroid dienone is 2. The second-order valence-electron chi connectivity index (χ2n) is 7.59. The number of nitriles is 1. The van der Waals surface area contributed by atoms with Gasteiger partial charge in [-0.1, -0.05) is 18.6 Å². The number of hydrogen-bond acceptors (Lipinski definition) is 2. The molecule has 0 saturated heterocycles. The Kier molecular flexibility index (Phi) is 3.08. The topological polar surface area (TPSA) is 44.0 Å². The van der Waals surface area contributed by atoms with Gasteiger partial charge in [0.15, 0.2) is 0 Å². The predicted octanol–water partition coefficient (Wildman–Crippen LogP) is 4.70. The maximum atomic E-state index is 9.73. The first-order chi connectivity index (χ1) is 10.6. The quantitative estimate of drug-likeness (QED) is 0.705. The highest BCUT2D eigenvalue weighted by Gasteiger charge is 2.52. The lowest BCUT2D eigenvalue weighted by molar-refractivity contribution is 0.0814. The third-order valence-corrected chi connectivity index (χ3v) is 6.80. The Morgan fingerprint density at radius 1 is 1.27 bits per heavy atom. The van der Waals surface area contributed by atoms with Crippen LogP contribution in [0.4, 0.5) is 0 Å². The average Bonchev–Trinajstić information content (AvgIpc) is 2.84. The number of hydrogen-bond donors (Lipinski definition) is 1. The Morgan fingerprint density at radius 2 is 2.14 bits per heavy atom. The Balaban J connectivity index is 1.70. The predicted molar refractivity (Wildman–Crippen MR) is 86.4 cm³/mol. The van der Waals surface area contributed by atoms with Gasteiger partial charge in [-0.2, -0.15) is 5.26 Å². The first-order valence-corrected chi connectivity index (χ1v) is 8.54. The molecule has 0 bridgehead atoms. The first kappa shape index (κ1) is 13.9. The van der Waals surface area contributed by atoms with Crippen LogP contribution in [0, 0.1) is 28.6 Å². The van der Waals surface area contributed by atoms with E-state index in [2.05, 4.69) is 19.1 Å². The SMILES string of the molecule is C[C@]12CCC3c4ccc(O)cc4CCC3C1CCC2=CC#N. The van der Waals surface area contributed by atoms with Crippen molar-refractivity contribution in [2.75, 3.05) is 0 Å². The Labute approximate surface area is 132 Å². The highest BCUT2D eigenvalue weighted by atomic mass is 16.3. The molecule has 2 heteroatoms. The standard InChI is InChI=1S/C20H23NO/c1-20-10-8-17-16-6-4-15(22)12-13(16)2-5-18(17)19(20)7-3-14(20)9-11-21/h4,6,9,12,17-19,22H,2-3,5,7-8,10H2,1H3/t17?,18?,19?,20-/m1/s1. The Morgan fingerprint density at radius 3 is 2.95 bits per heavy atom. The van der Waals surface area contributed by atoms with Crippen LogP contribution < -0.4 is 0 Å². The number of aromatic hydroxyl groups is 1. The molecule has 2 saturated carbocycles. The van der Waals surface area contributed by atoms with E-state index in [4.69, 9.17) is 5.26 Å². The van der Waals surface area contributed by atoms with Gasteiger partial charge in [0.25, 0.3) is 0 Å². The van der Waals surface area contributed by atoms with Crippen LogP contribution >= 0.6 is 0 Å². The van der Waals surface area contributed by atoms with E-state index in [0.717, 1.165) is 24.7 Å². The average molecular weight is 293 g/mol. The van der Waals surface area contributed by atoms with Gasteiger partial charge in [-0.25, -0.2) is 0 Å². The molecule has 1 N–H and O–H groups in total. The summed E-state index contributed by atoms with van der Waals surface area (Å²) >= 11 is 0. The third kappa shape index (κ3) is 1.85. The lowest BCUT2D eigenvalue weighted by Gasteiger charge is -2.49. The van der Waals surface area contributed by atoms with Gasteiger partial charge in [-0.3, -0.25) is 0 Å². The van der Waals surface area contributed by atoms with Crippen LogP contribution in [0.25, 0.3) is 0 Å². The molecule has 1 aromatic carbocycles. The van der Waals surface area contributed by atoms with Crippen molar-refractivity contribution in [3.05, 3.63) is 41.0 Å². The minimum Gasteiger partial charge on any atom is -0.508 e. The number of rotatable bonds is 0. The van der Waals surface area contributed by atoms with E-state index in [1.807, 2.05) is 18.2 Å². The minimum absolute atomic E-state index is 0.255. The lowest BCUT2D eigenvalue weighted by atomic mass is 9.55. The number of phenols is 1. The van der Waals surface area contributed by atoms with Gasteiger partial charge in [0, 0.05) is 6.08 Å². The summed E-state index contributed by atoms with van der Waals surface area (Å²) in [6.45, 7) is 2.40. The molecular formula is C20H23NO. The van der Waals surface area contributed by atoms with Gasteiger partial charge in [0.1, 0.15) is 5.75 Å². The third-order valence-electron chi connectivity index (χ3n) is 6.80. The van der Waals surface area contributed by atoms with Crippen LogP contribution in [0.5, 0.6) is 5.75 Å². The normalized spacial score (nSPS) is 38.0. The molecule has 3 aliphatic carbocycles. The molecule has 3 unspecified atom stereocenters. The van der Waals surface area contributed by atoms with E-state index in [1.54, 1.807) is 0 Å². The zero-order chi connectivity index (χ0) is 15.3. The summed E-state index contributed by atoms with van der Waals surface area (Å²) in [6.07, 6.45) is 8.94. The van der Waals surface area contributed by atoms with Gasteiger partial charge < -0.3 is 5.11 Å². The van der Waals surface area contributed by atoms with Crippen LogP contribution in [-0.4, -0.2) is 5.11 Å². The highest BCUT2D eigenvalue weighted by Crippen LogP contribution is 2.62. The molecule has 4 atom stereocenters. The minimum atomic E-state index is 0.255. The molecule has 0 aliphatic heterocycles. The number of phenolic OH excluding ortho intramolecular Hbond substituents is 1. The summed E-state index contributed by atoms with van der Waals surface area (Å²) in [5.41, 5.74) is 4.49. The lowest BCUT2D eigenvalue weighted by Crippen LogP contribution is -2.40. The molecule has 0 heterocycles. The van der Waals surface area contributed by atoms with E-state index in [0.29, 0.717) is 11.7 Å². The summed E-state index contributed by atoms with van der Waals surface area (Å²) in [7, 11) is 0. The van der Waals surface area contributed by atoms with Crippen LogP contribution in [0.1, 0.15) is 56.1 Å². The fourth-order valence-corrected chi connectivity index (χ4v) is 5.73. The summed E-state index contributed by atoms with van der Waals surface area (Å²) in [6, 6.07) is 8.25. The van der Waals surface area contributed by atoms with Gasteiger partial charge in [-0.05, 0) is 85.0 Å². The van der Waals surface area contributed by atoms with Gasteiger partial charge in [0.05, 0.1) is 6.07 Å². The molecule has 1 aromatic rings. The largest absolute Gasteiger partial charge is 0.508 e. The summed E-state index contributed by atoms with van der Waals surface area (Å²) in [5, 5.41) is 18.8. The van der Waals surface area contributed by atoms with Crippen molar-refractivity contribution >= 4 is 0 Å². The maximum absolute atomic E-state index is 9.73. The smallest absolute Gasteiger partial charge is 0.115 e. The van der Waals surface area contributed by atoms with Crippen LogP contribution in [0.2, 0.25) is 0 Å². The van der Waals surface area contributed by atoms with Gasteiger partial charge in [-0.15, -0.1) is 0 Å². The fourth-order valence-electron chi connectivity index (χ4n) is 5.73. The van der Waals surface area contributed by atoms with E-state index in [9.17, 15) is 5.11 Å². The highest BCUT2D eigenvalue weighted by molar-refractivity contribution is 5.41. The molecule has 2 nitrogen and oxygen atoms in total. The van der Waals surface area contributed by atoms with Crippen molar-refractivity contribution in [2.24, 2.45) is 17.3 Å². The zero-order valence-corrected chi connectivity index (χ0v) is 13.2. The second-order valence-corrected chi connectivity index (χ2v) is 7.59. The summed E-state index contributed by atoms with van der Waals surface area (Å²) in [5.74, 6) is 2.54. The Hall–Kier alpha value is -1.75. The van der Waals surface area contributed by atoms with Crippen molar-refractivity contribution in [3.63, 3.8) is 0 Å². The number of fused-ring (bicyclic) bond motifs is 5.